The van der Waals surface area contributed by atoms with Crippen LogP contribution < -0.4 is 14.4 Å². The summed E-state index contributed by atoms with van der Waals surface area (Å²) in [6.07, 6.45) is 2.65. The van der Waals surface area contributed by atoms with Gasteiger partial charge in [0.25, 0.3) is 0 Å². The third kappa shape index (κ3) is 5.04. The van der Waals surface area contributed by atoms with Gasteiger partial charge in [-0.2, -0.15) is 0 Å². The monoisotopic (exact) mass is 604 g/mol. The number of esters is 1. The summed E-state index contributed by atoms with van der Waals surface area (Å²) in [6, 6.07) is 22.1. The molecule has 0 bridgehead atoms. The number of nitrogens with zero attached hydrogens (tertiary/aromatic N) is 2. The lowest BCUT2D eigenvalue weighted by molar-refractivity contribution is -0.134. The fourth-order valence-corrected chi connectivity index (χ4v) is 6.83. The lowest BCUT2D eigenvalue weighted by Crippen LogP contribution is -2.61. The second-order valence-corrected chi connectivity index (χ2v) is 15.1. The van der Waals surface area contributed by atoms with Crippen molar-refractivity contribution in [2.75, 3.05) is 11.9 Å². The number of para-hydroxylation sites is 1. The molecule has 0 radical (unpaired) electrons. The van der Waals surface area contributed by atoms with Crippen LogP contribution in [0.25, 0.3) is 10.8 Å². The zero-order chi connectivity index (χ0) is 32.5. The quantitative estimate of drug-likeness (QED) is 0.186. The standard InChI is InChI=1S/C39H44N2O4/c1-36(2,3)29-20-24(21-30(35(29)43)37(4,5)6)14-19-33(42)44-26-17-15-25-16-18-32-34(27(25)22-26)40-23-39(45-32)38(7,8)28-12-10-11-13-31(28)41(39)9/h10-13,15-18,20-23,43H,14,19H2,1-9H3. The predicted molar refractivity (Wildman–Crippen MR) is 183 cm³/mol. The molecule has 2 aliphatic heterocycles. The topological polar surface area (TPSA) is 71.4 Å². The van der Waals surface area contributed by atoms with Crippen LogP contribution >= 0.6 is 0 Å². The van der Waals surface area contributed by atoms with Crippen LogP contribution in [0, 0.1) is 0 Å². The van der Waals surface area contributed by atoms with Gasteiger partial charge in [-0.05, 0) is 83.0 Å². The fourth-order valence-electron chi connectivity index (χ4n) is 6.83. The number of anilines is 1. The number of aryl methyl sites for hydroxylation is 1. The van der Waals surface area contributed by atoms with Crippen molar-refractivity contribution < 1.29 is 19.4 Å². The molecule has 4 aromatic carbocycles. The van der Waals surface area contributed by atoms with Gasteiger partial charge in [0.2, 0.25) is 5.72 Å². The number of rotatable bonds is 4. The number of hydrogen-bond donors (Lipinski definition) is 1. The van der Waals surface area contributed by atoms with Gasteiger partial charge in [0, 0.05) is 24.5 Å². The maximum Gasteiger partial charge on any atom is 0.311 e. The first-order chi connectivity index (χ1) is 21.0. The van der Waals surface area contributed by atoms with E-state index in [9.17, 15) is 9.90 Å². The number of hydrogen-bond acceptors (Lipinski definition) is 6. The van der Waals surface area contributed by atoms with E-state index in [2.05, 4.69) is 85.5 Å². The molecule has 6 heteroatoms. The van der Waals surface area contributed by atoms with Crippen LogP contribution in [0.1, 0.15) is 84.1 Å². The van der Waals surface area contributed by atoms with E-state index in [0.29, 0.717) is 23.7 Å². The van der Waals surface area contributed by atoms with Crippen LogP contribution in [0.3, 0.4) is 0 Å². The number of ether oxygens (including phenoxy) is 2. The number of benzene rings is 4. The molecule has 0 saturated carbocycles. The van der Waals surface area contributed by atoms with E-state index in [-0.39, 0.29) is 28.6 Å². The average Bonchev–Trinajstić information content (AvgIpc) is 3.13. The summed E-state index contributed by atoms with van der Waals surface area (Å²) >= 11 is 0. The Balaban J connectivity index is 1.24. The molecule has 45 heavy (non-hydrogen) atoms. The van der Waals surface area contributed by atoms with Crippen molar-refractivity contribution in [2.24, 2.45) is 4.99 Å². The van der Waals surface area contributed by atoms with Crippen molar-refractivity contribution >= 4 is 34.3 Å². The summed E-state index contributed by atoms with van der Waals surface area (Å²) in [4.78, 5) is 20.3. The Bertz CT molecular complexity index is 1820. The molecule has 2 heterocycles. The number of phenolic OH excluding ortho intramolecular Hbond substituents is 1. The second-order valence-electron chi connectivity index (χ2n) is 15.1. The van der Waals surface area contributed by atoms with E-state index in [1.54, 1.807) is 0 Å². The molecule has 0 fully saturated rings. The van der Waals surface area contributed by atoms with Crippen molar-refractivity contribution in [1.29, 1.82) is 0 Å². The average molecular weight is 605 g/mol. The molecular weight excluding hydrogens is 560 g/mol. The zero-order valence-electron chi connectivity index (χ0n) is 27.9. The van der Waals surface area contributed by atoms with Crippen molar-refractivity contribution in [2.45, 2.75) is 90.2 Å². The van der Waals surface area contributed by atoms with Crippen LogP contribution in [0.4, 0.5) is 11.4 Å². The molecule has 4 aromatic rings. The Morgan fingerprint density at radius 1 is 0.933 bits per heavy atom. The summed E-state index contributed by atoms with van der Waals surface area (Å²) in [5, 5.41) is 12.9. The van der Waals surface area contributed by atoms with Gasteiger partial charge in [0.05, 0.1) is 11.6 Å². The third-order valence-corrected chi connectivity index (χ3v) is 9.53. The smallest absolute Gasteiger partial charge is 0.311 e. The Labute approximate surface area is 266 Å². The Morgan fingerprint density at radius 2 is 1.58 bits per heavy atom. The van der Waals surface area contributed by atoms with E-state index in [4.69, 9.17) is 14.5 Å². The van der Waals surface area contributed by atoms with Crippen LogP contribution in [-0.4, -0.2) is 30.1 Å². The first kappa shape index (κ1) is 30.7. The first-order valence-corrected chi connectivity index (χ1v) is 15.7. The van der Waals surface area contributed by atoms with E-state index in [1.165, 1.54) is 5.56 Å². The normalized spacial score (nSPS) is 18.6. The van der Waals surface area contributed by atoms with Crippen molar-refractivity contribution in [3.05, 3.63) is 89.0 Å². The molecule has 2 aliphatic rings. The second kappa shape index (κ2) is 10.4. The molecule has 0 saturated heterocycles. The predicted octanol–water partition coefficient (Wildman–Crippen LogP) is 8.90. The highest BCUT2D eigenvalue weighted by atomic mass is 16.5. The van der Waals surface area contributed by atoms with Crippen molar-refractivity contribution in [1.82, 2.24) is 0 Å². The Morgan fingerprint density at radius 3 is 2.22 bits per heavy atom. The lowest BCUT2D eigenvalue weighted by Gasteiger charge is -2.45. The molecule has 1 unspecified atom stereocenters. The van der Waals surface area contributed by atoms with Crippen LogP contribution in [0.15, 0.2) is 71.7 Å². The number of fused-ring (bicyclic) bond motifs is 4. The van der Waals surface area contributed by atoms with Crippen LogP contribution in [-0.2, 0) is 27.5 Å². The van der Waals surface area contributed by atoms with E-state index >= 15 is 0 Å². The fraction of sp³-hybridized carbons (Fsp3) is 0.385. The molecule has 1 N–H and O–H groups in total. The molecule has 0 aliphatic carbocycles. The zero-order valence-corrected chi connectivity index (χ0v) is 27.9. The van der Waals surface area contributed by atoms with E-state index in [0.717, 1.165) is 38.8 Å². The van der Waals surface area contributed by atoms with Gasteiger partial charge in [-0.25, -0.2) is 0 Å². The van der Waals surface area contributed by atoms with Crippen molar-refractivity contribution in [3.8, 4) is 17.2 Å². The minimum Gasteiger partial charge on any atom is -0.507 e. The summed E-state index contributed by atoms with van der Waals surface area (Å²) in [7, 11) is 2.05. The number of carbonyl (C=O) groups is 1. The number of likely N-dealkylation sites (N-methyl/N-ethyl adjacent to an activating group) is 1. The van der Waals surface area contributed by atoms with Crippen LogP contribution in [0.2, 0.25) is 0 Å². The summed E-state index contributed by atoms with van der Waals surface area (Å²) in [6.45, 7) is 16.9. The molecule has 234 valence electrons. The Hall–Kier alpha value is -4.32. The molecular formula is C39H44N2O4. The number of aliphatic imine (C=N–C) groups is 1. The molecule has 0 aromatic heterocycles. The highest BCUT2D eigenvalue weighted by Gasteiger charge is 2.58. The van der Waals surface area contributed by atoms with Gasteiger partial charge in [0.15, 0.2) is 0 Å². The van der Waals surface area contributed by atoms with Crippen molar-refractivity contribution in [3.63, 3.8) is 0 Å². The molecule has 1 spiro atoms. The first-order valence-electron chi connectivity index (χ1n) is 15.7. The van der Waals surface area contributed by atoms with Gasteiger partial charge in [-0.1, -0.05) is 84.0 Å². The van der Waals surface area contributed by atoms with Gasteiger partial charge in [-0.15, -0.1) is 0 Å². The number of carbonyl (C=O) groups excluding carboxylic acids is 1. The van der Waals surface area contributed by atoms with Gasteiger partial charge >= 0.3 is 5.97 Å². The van der Waals surface area contributed by atoms with Crippen LogP contribution in [0.5, 0.6) is 17.2 Å². The summed E-state index contributed by atoms with van der Waals surface area (Å²) < 4.78 is 12.7. The Kier molecular flexibility index (Phi) is 7.07. The highest BCUT2D eigenvalue weighted by molar-refractivity contribution is 6.00. The van der Waals surface area contributed by atoms with Gasteiger partial charge < -0.3 is 19.5 Å². The molecule has 6 rings (SSSR count). The van der Waals surface area contributed by atoms with Gasteiger partial charge in [-0.3, -0.25) is 9.79 Å². The SMILES string of the molecule is CN1c2ccccc2C(C)(C)C12C=Nc1c(ccc3ccc(OC(=O)CCc4cc(C(C)(C)C)c(O)c(C(C)(C)C)c4)cc13)O2. The molecule has 0 amide bonds. The lowest BCUT2D eigenvalue weighted by atomic mass is 9.77. The maximum absolute atomic E-state index is 13.1. The summed E-state index contributed by atoms with van der Waals surface area (Å²) in [5.41, 5.74) is 4.28. The molecule has 6 nitrogen and oxygen atoms in total. The molecule has 1 atom stereocenters. The maximum atomic E-state index is 13.1. The highest BCUT2D eigenvalue weighted by Crippen LogP contribution is 2.54. The van der Waals surface area contributed by atoms with E-state index in [1.807, 2.05) is 54.7 Å². The largest absolute Gasteiger partial charge is 0.507 e. The third-order valence-electron chi connectivity index (χ3n) is 9.53. The van der Waals surface area contributed by atoms with Gasteiger partial charge in [0.1, 0.15) is 22.9 Å². The minimum atomic E-state index is -0.768. The summed E-state index contributed by atoms with van der Waals surface area (Å²) in [5.74, 6) is 1.19. The van der Waals surface area contributed by atoms with E-state index < -0.39 is 5.72 Å². The number of aromatic hydroxyl groups is 1. The minimum absolute atomic E-state index is 0.217. The number of phenols is 1.